The van der Waals surface area contributed by atoms with E-state index in [1.54, 1.807) is 0 Å². The van der Waals surface area contributed by atoms with Gasteiger partial charge in [-0.2, -0.15) is 0 Å². The number of carboxylic acids is 1. The average Bonchev–Trinajstić information content (AvgIpc) is 2.17. The predicted octanol–water partition coefficient (Wildman–Crippen LogP) is 0.575. The van der Waals surface area contributed by atoms with Gasteiger partial charge in [-0.15, -0.1) is 0 Å². The number of rotatable bonds is 4. The molecule has 0 fully saturated rings. The molecule has 1 rings (SSSR count). The van der Waals surface area contributed by atoms with Gasteiger partial charge in [-0.3, -0.25) is 0 Å². The van der Waals surface area contributed by atoms with Crippen molar-refractivity contribution in [3.05, 3.63) is 50.1 Å². The van der Waals surface area contributed by atoms with Gasteiger partial charge in [0, 0.05) is 0 Å². The van der Waals surface area contributed by atoms with Gasteiger partial charge in [-0.05, 0) is 24.3 Å². The Labute approximate surface area is 87.8 Å². The van der Waals surface area contributed by atoms with Crippen LogP contribution in [0, 0.1) is 20.2 Å². The van der Waals surface area contributed by atoms with Gasteiger partial charge in [0.05, 0.1) is 5.56 Å². The lowest BCUT2D eigenvalue weighted by Gasteiger charge is -2.03. The lowest BCUT2D eigenvalue weighted by molar-refractivity contribution is -0.711. The summed E-state index contributed by atoms with van der Waals surface area (Å²) in [7, 11) is 0. The molecule has 0 spiro atoms. The van der Waals surface area contributed by atoms with Crippen LogP contribution in [0.5, 0.6) is 0 Å². The summed E-state index contributed by atoms with van der Waals surface area (Å²) in [6.45, 7) is 0. The van der Waals surface area contributed by atoms with E-state index in [0.29, 0.717) is 0 Å². The maximum atomic E-state index is 10.5. The highest BCUT2D eigenvalue weighted by Crippen LogP contribution is 2.15. The van der Waals surface area contributed by atoms with Gasteiger partial charge >= 0.3 is 5.97 Å². The van der Waals surface area contributed by atoms with Gasteiger partial charge in [-0.1, -0.05) is 0 Å². The summed E-state index contributed by atoms with van der Waals surface area (Å²) in [4.78, 5) is 31.1. The molecular formula is C7H5N3O6. The highest BCUT2D eigenvalue weighted by molar-refractivity contribution is 5.87. The minimum atomic E-state index is -1.22. The van der Waals surface area contributed by atoms with Crippen LogP contribution >= 0.6 is 0 Å². The Bertz CT molecular complexity index is 428. The zero-order valence-corrected chi connectivity index (χ0v) is 7.64. The van der Waals surface area contributed by atoms with Crippen LogP contribution in [0.15, 0.2) is 24.3 Å². The van der Waals surface area contributed by atoms with Crippen molar-refractivity contribution in [2.75, 3.05) is 5.12 Å². The zero-order chi connectivity index (χ0) is 12.3. The highest BCUT2D eigenvalue weighted by atomic mass is 16.8. The van der Waals surface area contributed by atoms with Crippen LogP contribution in [-0.4, -0.2) is 21.1 Å². The highest BCUT2D eigenvalue weighted by Gasteiger charge is 2.29. The minimum Gasteiger partial charge on any atom is -0.478 e. The van der Waals surface area contributed by atoms with E-state index in [9.17, 15) is 25.0 Å². The quantitative estimate of drug-likeness (QED) is 0.588. The van der Waals surface area contributed by atoms with Crippen LogP contribution in [0.3, 0.4) is 0 Å². The van der Waals surface area contributed by atoms with Gasteiger partial charge in [0.2, 0.25) is 10.1 Å². The first-order chi connectivity index (χ1) is 7.43. The Kier molecular flexibility index (Phi) is 2.99. The second-order valence-corrected chi connectivity index (χ2v) is 2.62. The summed E-state index contributed by atoms with van der Waals surface area (Å²) < 4.78 is 0. The van der Waals surface area contributed by atoms with Crippen molar-refractivity contribution in [2.45, 2.75) is 0 Å². The number of hydrogen-bond donors (Lipinski definition) is 1. The Morgan fingerprint density at radius 1 is 1.12 bits per heavy atom. The molecular weight excluding hydrogens is 222 g/mol. The molecule has 0 aromatic heterocycles. The molecule has 1 aromatic carbocycles. The molecule has 1 aromatic rings. The van der Waals surface area contributed by atoms with E-state index >= 15 is 0 Å². The normalized spacial score (nSPS) is 9.50. The van der Waals surface area contributed by atoms with E-state index < -0.39 is 16.0 Å². The standard InChI is InChI=1S/C7H5N3O6/c11-7(12)5-1-3-6(4-2-5)8(9(13)14)10(15)16/h1-4H,(H,11,12). The summed E-state index contributed by atoms with van der Waals surface area (Å²) in [5, 5.41) is 26.5. The maximum absolute atomic E-state index is 10.5. The SMILES string of the molecule is O=C(O)c1ccc(N([N+](=O)[O-])[N+](=O)[O-])cc1. The Balaban J connectivity index is 3.08. The van der Waals surface area contributed by atoms with Crippen LogP contribution in [0.1, 0.15) is 10.4 Å². The molecule has 9 nitrogen and oxygen atoms in total. The van der Waals surface area contributed by atoms with E-state index in [2.05, 4.69) is 0 Å². The van der Waals surface area contributed by atoms with Crippen molar-refractivity contribution in [1.29, 1.82) is 0 Å². The Hall–Kier alpha value is -2.71. The monoisotopic (exact) mass is 227 g/mol. The minimum absolute atomic E-state index is 0.115. The number of benzene rings is 1. The van der Waals surface area contributed by atoms with Crippen molar-refractivity contribution in [3.63, 3.8) is 0 Å². The van der Waals surface area contributed by atoms with Crippen LogP contribution in [-0.2, 0) is 0 Å². The van der Waals surface area contributed by atoms with Gasteiger partial charge in [0.25, 0.3) is 0 Å². The van der Waals surface area contributed by atoms with Crippen molar-refractivity contribution >= 4 is 11.7 Å². The number of carbonyl (C=O) groups is 1. The first-order valence-corrected chi connectivity index (χ1v) is 3.85. The topological polar surface area (TPSA) is 127 Å². The van der Waals surface area contributed by atoms with E-state index in [1.807, 2.05) is 0 Å². The molecule has 0 aliphatic carbocycles. The predicted molar refractivity (Wildman–Crippen MR) is 49.9 cm³/mol. The summed E-state index contributed by atoms with van der Waals surface area (Å²) in [5.41, 5.74) is -0.449. The summed E-state index contributed by atoms with van der Waals surface area (Å²) in [5.74, 6) is -1.22. The number of hydrazine groups is 2. The molecule has 0 radical (unpaired) electrons. The number of hydrogen-bond acceptors (Lipinski definition) is 5. The molecule has 0 atom stereocenters. The molecule has 0 unspecified atom stereocenters. The second-order valence-electron chi connectivity index (χ2n) is 2.62. The van der Waals surface area contributed by atoms with Gasteiger partial charge in [0.15, 0.2) is 10.8 Å². The average molecular weight is 227 g/mol. The van der Waals surface area contributed by atoms with Crippen molar-refractivity contribution in [2.24, 2.45) is 0 Å². The van der Waals surface area contributed by atoms with Crippen LogP contribution in [0.25, 0.3) is 0 Å². The van der Waals surface area contributed by atoms with Gasteiger partial charge in [-0.25, -0.2) is 25.0 Å². The largest absolute Gasteiger partial charge is 0.478 e. The molecule has 0 aliphatic heterocycles. The molecule has 16 heavy (non-hydrogen) atoms. The molecule has 0 amide bonds. The lowest BCUT2D eigenvalue weighted by Crippen LogP contribution is -2.35. The molecule has 0 saturated heterocycles. The van der Waals surface area contributed by atoms with Crippen molar-refractivity contribution < 1.29 is 20.0 Å². The van der Waals surface area contributed by atoms with Crippen LogP contribution < -0.4 is 5.12 Å². The third-order valence-electron chi connectivity index (χ3n) is 1.65. The summed E-state index contributed by atoms with van der Waals surface area (Å²) >= 11 is 0. The molecule has 0 aliphatic rings. The number of carboxylic acid groups (broad SMARTS) is 1. The van der Waals surface area contributed by atoms with E-state index in [1.165, 1.54) is 0 Å². The van der Waals surface area contributed by atoms with Gasteiger partial charge < -0.3 is 5.11 Å². The van der Waals surface area contributed by atoms with Gasteiger partial charge in [0.1, 0.15) is 0 Å². The first kappa shape index (κ1) is 11.4. The molecule has 9 heteroatoms. The number of nitrogens with zero attached hydrogens (tertiary/aromatic N) is 3. The maximum Gasteiger partial charge on any atom is 0.335 e. The Morgan fingerprint density at radius 3 is 1.88 bits per heavy atom. The third kappa shape index (κ3) is 2.20. The lowest BCUT2D eigenvalue weighted by atomic mass is 10.2. The molecule has 0 heterocycles. The third-order valence-corrected chi connectivity index (χ3v) is 1.65. The Morgan fingerprint density at radius 2 is 1.56 bits per heavy atom. The fourth-order valence-electron chi connectivity index (χ4n) is 0.986. The van der Waals surface area contributed by atoms with E-state index in [0.717, 1.165) is 24.3 Å². The van der Waals surface area contributed by atoms with Crippen molar-refractivity contribution in [1.82, 2.24) is 0 Å². The summed E-state index contributed by atoms with van der Waals surface area (Å²) in [6, 6.07) is 4.04. The fraction of sp³-hybridized carbons (Fsp3) is 0. The number of aromatic carboxylic acids is 1. The second kappa shape index (κ2) is 4.21. The van der Waals surface area contributed by atoms with Crippen molar-refractivity contribution in [3.8, 4) is 0 Å². The fourth-order valence-corrected chi connectivity index (χ4v) is 0.986. The van der Waals surface area contributed by atoms with Crippen LogP contribution in [0.4, 0.5) is 5.69 Å². The van der Waals surface area contributed by atoms with E-state index in [-0.39, 0.29) is 16.4 Å². The number of nitro groups is 2. The summed E-state index contributed by atoms with van der Waals surface area (Å²) in [6.07, 6.45) is 0. The zero-order valence-electron chi connectivity index (χ0n) is 7.64. The first-order valence-electron chi connectivity index (χ1n) is 3.85. The molecule has 0 bridgehead atoms. The number of anilines is 1. The molecule has 0 saturated carbocycles. The molecule has 1 N–H and O–H groups in total. The van der Waals surface area contributed by atoms with E-state index in [4.69, 9.17) is 5.11 Å². The smallest absolute Gasteiger partial charge is 0.335 e. The van der Waals surface area contributed by atoms with Crippen LogP contribution in [0.2, 0.25) is 0 Å². The molecule has 84 valence electrons.